The molecule has 0 aromatic carbocycles. The maximum absolute atomic E-state index is 5.81. The van der Waals surface area contributed by atoms with Crippen LogP contribution >= 0.6 is 0 Å². The Balaban J connectivity index is 2.44. The van der Waals surface area contributed by atoms with Crippen molar-refractivity contribution in [3.63, 3.8) is 0 Å². The zero-order valence-corrected chi connectivity index (χ0v) is 11.2. The number of aromatic nitrogens is 1. The Bertz CT molecular complexity index is 294. The highest BCUT2D eigenvalue weighted by molar-refractivity contribution is 5.20. The smallest absolute Gasteiger partial charge is 0.138 e. The first-order chi connectivity index (χ1) is 8.30. The van der Waals surface area contributed by atoms with Crippen LogP contribution in [0.15, 0.2) is 18.3 Å². The van der Waals surface area contributed by atoms with Gasteiger partial charge in [-0.2, -0.15) is 0 Å². The van der Waals surface area contributed by atoms with Gasteiger partial charge >= 0.3 is 0 Å². The number of hydrogen-bond donors (Lipinski definition) is 1. The Hall–Kier alpha value is -1.09. The van der Waals surface area contributed by atoms with Gasteiger partial charge in [0.1, 0.15) is 5.75 Å². The first-order valence-corrected chi connectivity index (χ1v) is 6.62. The molecule has 0 saturated carbocycles. The minimum absolute atomic E-state index is 0.306. The molecule has 0 radical (unpaired) electrons. The zero-order chi connectivity index (χ0) is 12.5. The lowest BCUT2D eigenvalue weighted by Gasteiger charge is -2.15. The van der Waals surface area contributed by atoms with Gasteiger partial charge in [-0.1, -0.05) is 20.8 Å². The third-order valence-corrected chi connectivity index (χ3v) is 2.74. The molecule has 3 nitrogen and oxygen atoms in total. The van der Waals surface area contributed by atoms with E-state index in [1.807, 2.05) is 18.3 Å². The van der Waals surface area contributed by atoms with Crippen LogP contribution < -0.4 is 10.1 Å². The molecule has 17 heavy (non-hydrogen) atoms. The van der Waals surface area contributed by atoms with Gasteiger partial charge in [0, 0.05) is 6.54 Å². The van der Waals surface area contributed by atoms with Crippen molar-refractivity contribution in [3.8, 4) is 5.75 Å². The summed E-state index contributed by atoms with van der Waals surface area (Å²) in [5, 5.41) is 3.33. The molecule has 0 unspecified atom stereocenters. The average molecular weight is 236 g/mol. The zero-order valence-electron chi connectivity index (χ0n) is 11.2. The van der Waals surface area contributed by atoms with E-state index in [4.69, 9.17) is 4.74 Å². The molecule has 0 saturated heterocycles. The van der Waals surface area contributed by atoms with Gasteiger partial charge in [0.05, 0.1) is 18.0 Å². The topological polar surface area (TPSA) is 34.1 Å². The molecule has 3 heteroatoms. The maximum Gasteiger partial charge on any atom is 0.138 e. The maximum atomic E-state index is 5.81. The van der Waals surface area contributed by atoms with Gasteiger partial charge in [0.2, 0.25) is 0 Å². The molecular weight excluding hydrogens is 212 g/mol. The molecule has 96 valence electrons. The highest BCUT2D eigenvalue weighted by Gasteiger charge is 2.05. The number of pyridine rings is 1. The average Bonchev–Trinajstić information content (AvgIpc) is 2.38. The van der Waals surface area contributed by atoms with Crippen molar-refractivity contribution in [3.05, 3.63) is 24.0 Å². The minimum Gasteiger partial charge on any atom is -0.489 e. The van der Waals surface area contributed by atoms with Crippen LogP contribution in [-0.2, 0) is 6.54 Å². The monoisotopic (exact) mass is 236 g/mol. The van der Waals surface area contributed by atoms with E-state index in [0.29, 0.717) is 6.10 Å². The van der Waals surface area contributed by atoms with Crippen LogP contribution in [0.25, 0.3) is 0 Å². The summed E-state index contributed by atoms with van der Waals surface area (Å²) in [6.45, 7) is 8.31. The lowest BCUT2D eigenvalue weighted by Crippen LogP contribution is -2.15. The quantitative estimate of drug-likeness (QED) is 0.704. The molecular formula is C14H24N2O. The third-order valence-electron chi connectivity index (χ3n) is 2.74. The number of nitrogens with zero attached hydrogens (tertiary/aromatic N) is 1. The SMILES string of the molecule is CCCNCc1ccc(OC(CC)CC)cn1. The van der Waals surface area contributed by atoms with Crippen LogP contribution in [0.3, 0.4) is 0 Å². The Kier molecular flexibility index (Phi) is 6.63. The van der Waals surface area contributed by atoms with Gasteiger partial charge in [-0.25, -0.2) is 0 Å². The summed E-state index contributed by atoms with van der Waals surface area (Å²) >= 11 is 0. The van der Waals surface area contributed by atoms with Crippen molar-refractivity contribution in [2.45, 2.75) is 52.7 Å². The molecule has 1 aromatic rings. The number of ether oxygens (including phenoxy) is 1. The fraction of sp³-hybridized carbons (Fsp3) is 0.643. The molecule has 0 aliphatic heterocycles. The van der Waals surface area contributed by atoms with E-state index < -0.39 is 0 Å². The molecule has 0 spiro atoms. The Morgan fingerprint density at radius 1 is 1.24 bits per heavy atom. The summed E-state index contributed by atoms with van der Waals surface area (Å²) in [5.74, 6) is 0.873. The summed E-state index contributed by atoms with van der Waals surface area (Å²) in [4.78, 5) is 4.38. The Morgan fingerprint density at radius 3 is 2.53 bits per heavy atom. The molecule has 1 aromatic heterocycles. The van der Waals surface area contributed by atoms with E-state index in [-0.39, 0.29) is 0 Å². The number of hydrogen-bond acceptors (Lipinski definition) is 3. The lowest BCUT2D eigenvalue weighted by atomic mass is 10.2. The summed E-state index contributed by atoms with van der Waals surface area (Å²) in [6, 6.07) is 4.04. The van der Waals surface area contributed by atoms with E-state index in [9.17, 15) is 0 Å². The Labute approximate surface area is 105 Å². The molecule has 0 fully saturated rings. The van der Waals surface area contributed by atoms with Crippen molar-refractivity contribution < 1.29 is 4.74 Å². The van der Waals surface area contributed by atoms with Gasteiger partial charge in [0.15, 0.2) is 0 Å². The second-order valence-corrected chi connectivity index (χ2v) is 4.22. The third kappa shape index (κ3) is 5.18. The van der Waals surface area contributed by atoms with Crippen molar-refractivity contribution in [1.29, 1.82) is 0 Å². The van der Waals surface area contributed by atoms with Crippen LogP contribution in [0.5, 0.6) is 5.75 Å². The van der Waals surface area contributed by atoms with Crippen LogP contribution in [0.1, 0.15) is 45.7 Å². The number of rotatable bonds is 8. The van der Waals surface area contributed by atoms with Gasteiger partial charge in [-0.05, 0) is 37.9 Å². The minimum atomic E-state index is 0.306. The van der Waals surface area contributed by atoms with Crippen molar-refractivity contribution in [1.82, 2.24) is 10.3 Å². The molecule has 1 N–H and O–H groups in total. The standard InChI is InChI=1S/C14H24N2O/c1-4-9-15-10-12-7-8-14(11-16-12)17-13(5-2)6-3/h7-8,11,13,15H,4-6,9-10H2,1-3H3. The van der Waals surface area contributed by atoms with E-state index in [1.54, 1.807) is 0 Å². The predicted molar refractivity (Wildman–Crippen MR) is 71.2 cm³/mol. The van der Waals surface area contributed by atoms with Crippen LogP contribution in [0, 0.1) is 0 Å². The summed E-state index contributed by atoms with van der Waals surface area (Å²) < 4.78 is 5.81. The van der Waals surface area contributed by atoms with Crippen LogP contribution in [-0.4, -0.2) is 17.6 Å². The fourth-order valence-electron chi connectivity index (χ4n) is 1.63. The van der Waals surface area contributed by atoms with E-state index in [1.165, 1.54) is 0 Å². The van der Waals surface area contributed by atoms with Crippen molar-refractivity contribution in [2.24, 2.45) is 0 Å². The fourth-order valence-corrected chi connectivity index (χ4v) is 1.63. The second-order valence-electron chi connectivity index (χ2n) is 4.22. The van der Waals surface area contributed by atoms with Crippen molar-refractivity contribution >= 4 is 0 Å². The first-order valence-electron chi connectivity index (χ1n) is 6.62. The summed E-state index contributed by atoms with van der Waals surface area (Å²) in [5.41, 5.74) is 1.07. The molecule has 0 atom stereocenters. The molecule has 0 aliphatic carbocycles. The number of nitrogens with one attached hydrogen (secondary N) is 1. The lowest BCUT2D eigenvalue weighted by molar-refractivity contribution is 0.192. The molecule has 0 aliphatic rings. The van der Waals surface area contributed by atoms with Gasteiger partial charge < -0.3 is 10.1 Å². The second kappa shape index (κ2) is 8.07. The predicted octanol–water partition coefficient (Wildman–Crippen LogP) is 3.15. The molecule has 1 rings (SSSR count). The Morgan fingerprint density at radius 2 is 2.00 bits per heavy atom. The summed E-state index contributed by atoms with van der Waals surface area (Å²) in [7, 11) is 0. The van der Waals surface area contributed by atoms with Crippen LogP contribution in [0.4, 0.5) is 0 Å². The van der Waals surface area contributed by atoms with Crippen LogP contribution in [0.2, 0.25) is 0 Å². The van der Waals surface area contributed by atoms with E-state index in [0.717, 1.165) is 43.8 Å². The normalized spacial score (nSPS) is 10.8. The summed E-state index contributed by atoms with van der Waals surface area (Å²) in [6.07, 6.45) is 5.35. The molecule has 0 amide bonds. The molecule has 1 heterocycles. The van der Waals surface area contributed by atoms with E-state index >= 15 is 0 Å². The van der Waals surface area contributed by atoms with Gasteiger partial charge in [-0.15, -0.1) is 0 Å². The highest BCUT2D eigenvalue weighted by Crippen LogP contribution is 2.14. The van der Waals surface area contributed by atoms with E-state index in [2.05, 4.69) is 31.1 Å². The van der Waals surface area contributed by atoms with Gasteiger partial charge in [0.25, 0.3) is 0 Å². The van der Waals surface area contributed by atoms with Gasteiger partial charge in [-0.3, -0.25) is 4.98 Å². The van der Waals surface area contributed by atoms with Crippen molar-refractivity contribution in [2.75, 3.05) is 6.54 Å². The molecule has 0 bridgehead atoms. The first kappa shape index (κ1) is 14.0. The largest absolute Gasteiger partial charge is 0.489 e. The highest BCUT2D eigenvalue weighted by atomic mass is 16.5.